The van der Waals surface area contributed by atoms with Crippen molar-refractivity contribution in [3.63, 3.8) is 0 Å². The van der Waals surface area contributed by atoms with Gasteiger partial charge in [-0.2, -0.15) is 0 Å². The van der Waals surface area contributed by atoms with Crippen molar-refractivity contribution in [3.8, 4) is 0 Å². The molecule has 130 valence electrons. The van der Waals surface area contributed by atoms with E-state index < -0.39 is 0 Å². The van der Waals surface area contributed by atoms with Crippen LogP contribution in [0.5, 0.6) is 0 Å². The molecular formula is C21H18N2O3. The second kappa shape index (κ2) is 5.46. The Labute approximate surface area is 150 Å². The summed E-state index contributed by atoms with van der Waals surface area (Å²) in [4.78, 5) is 30.5. The van der Waals surface area contributed by atoms with E-state index in [0.717, 1.165) is 33.4 Å². The SMILES string of the molecule is COC(=O)C[C@@H]1c2ccccc2N2C(=O)Cc3c([nH]c4ccccc34)[C@@H]12. The number of esters is 1. The monoisotopic (exact) mass is 346 g/mol. The number of hydrogen-bond acceptors (Lipinski definition) is 3. The minimum atomic E-state index is -0.262. The lowest BCUT2D eigenvalue weighted by molar-refractivity contribution is -0.141. The number of anilines is 1. The van der Waals surface area contributed by atoms with Crippen LogP contribution >= 0.6 is 0 Å². The van der Waals surface area contributed by atoms with E-state index in [1.54, 1.807) is 0 Å². The summed E-state index contributed by atoms with van der Waals surface area (Å²) >= 11 is 0. The minimum absolute atomic E-state index is 0.0760. The topological polar surface area (TPSA) is 62.4 Å². The summed E-state index contributed by atoms with van der Waals surface area (Å²) in [6.07, 6.45) is 0.617. The number of ether oxygens (including phenoxy) is 1. The van der Waals surface area contributed by atoms with E-state index in [9.17, 15) is 9.59 Å². The predicted octanol–water partition coefficient (Wildman–Crippen LogP) is 3.46. The zero-order chi connectivity index (χ0) is 17.8. The summed E-state index contributed by atoms with van der Waals surface area (Å²) < 4.78 is 4.93. The second-order valence-corrected chi connectivity index (χ2v) is 6.89. The number of carbonyl (C=O) groups is 2. The number of aromatic amines is 1. The standard InChI is InChI=1S/C21H18N2O3/c1-26-19(25)11-15-13-7-3-5-9-17(13)23-18(24)10-14-12-6-2-4-8-16(12)22-20(14)21(15)23/h2-9,15,21-22H,10-11H2,1H3/t15-,21-/m1/s1. The summed E-state index contributed by atoms with van der Waals surface area (Å²) in [6, 6.07) is 15.7. The molecule has 3 heterocycles. The number of rotatable bonds is 2. The first kappa shape index (κ1) is 15.2. The van der Waals surface area contributed by atoms with E-state index >= 15 is 0 Å². The molecule has 26 heavy (non-hydrogen) atoms. The Bertz CT molecular complexity index is 1050. The third kappa shape index (κ3) is 1.97. The first-order valence-corrected chi connectivity index (χ1v) is 8.76. The number of H-pyrrole nitrogens is 1. The van der Waals surface area contributed by atoms with Crippen LogP contribution in [-0.2, 0) is 20.7 Å². The largest absolute Gasteiger partial charge is 0.469 e. The molecule has 1 N–H and O–H groups in total. The van der Waals surface area contributed by atoms with Gasteiger partial charge in [0.25, 0.3) is 0 Å². The molecule has 2 aliphatic rings. The summed E-state index contributed by atoms with van der Waals surface area (Å²) in [5.74, 6) is -0.302. The molecule has 5 heteroatoms. The van der Waals surface area contributed by atoms with Crippen LogP contribution in [0.3, 0.4) is 0 Å². The highest BCUT2D eigenvalue weighted by Gasteiger charge is 2.47. The van der Waals surface area contributed by atoms with Gasteiger partial charge >= 0.3 is 5.97 Å². The smallest absolute Gasteiger partial charge is 0.306 e. The van der Waals surface area contributed by atoms with Crippen molar-refractivity contribution in [2.75, 3.05) is 12.0 Å². The number of para-hydroxylation sites is 2. The molecule has 5 nitrogen and oxygen atoms in total. The van der Waals surface area contributed by atoms with E-state index in [1.807, 2.05) is 53.4 Å². The van der Waals surface area contributed by atoms with Gasteiger partial charge in [0.15, 0.2) is 0 Å². The van der Waals surface area contributed by atoms with Crippen LogP contribution in [0.1, 0.15) is 35.2 Å². The van der Waals surface area contributed by atoms with Gasteiger partial charge in [-0.15, -0.1) is 0 Å². The van der Waals surface area contributed by atoms with Crippen LogP contribution < -0.4 is 4.90 Å². The van der Waals surface area contributed by atoms with Gasteiger partial charge in [0.05, 0.1) is 26.0 Å². The fourth-order valence-corrected chi connectivity index (χ4v) is 4.52. The Morgan fingerprint density at radius 3 is 2.81 bits per heavy atom. The van der Waals surface area contributed by atoms with Gasteiger partial charge in [0.1, 0.15) is 0 Å². The van der Waals surface area contributed by atoms with Crippen molar-refractivity contribution in [3.05, 3.63) is 65.4 Å². The van der Waals surface area contributed by atoms with Crippen molar-refractivity contribution in [1.29, 1.82) is 0 Å². The van der Waals surface area contributed by atoms with E-state index in [-0.39, 0.29) is 30.3 Å². The number of benzene rings is 2. The summed E-state index contributed by atoms with van der Waals surface area (Å²) in [5, 5.41) is 1.09. The molecule has 2 atom stereocenters. The molecule has 2 aliphatic heterocycles. The molecule has 0 fully saturated rings. The van der Waals surface area contributed by atoms with Gasteiger partial charge in [0.2, 0.25) is 5.91 Å². The maximum Gasteiger partial charge on any atom is 0.306 e. The number of methoxy groups -OCH3 is 1. The van der Waals surface area contributed by atoms with Crippen LogP contribution in [0.2, 0.25) is 0 Å². The highest BCUT2D eigenvalue weighted by atomic mass is 16.5. The van der Waals surface area contributed by atoms with Gasteiger partial charge in [-0.3, -0.25) is 9.59 Å². The number of nitrogens with zero attached hydrogens (tertiary/aromatic N) is 1. The third-order valence-electron chi connectivity index (χ3n) is 5.61. The quantitative estimate of drug-likeness (QED) is 0.723. The average molecular weight is 346 g/mol. The highest BCUT2D eigenvalue weighted by Crippen LogP contribution is 2.53. The Balaban J connectivity index is 1.73. The van der Waals surface area contributed by atoms with Crippen molar-refractivity contribution in [1.82, 2.24) is 4.98 Å². The van der Waals surface area contributed by atoms with Crippen LogP contribution in [0.15, 0.2) is 48.5 Å². The van der Waals surface area contributed by atoms with Crippen molar-refractivity contribution in [2.45, 2.75) is 24.8 Å². The predicted molar refractivity (Wildman–Crippen MR) is 98.0 cm³/mol. The van der Waals surface area contributed by atoms with E-state index in [0.29, 0.717) is 6.42 Å². The van der Waals surface area contributed by atoms with Gasteiger partial charge in [-0.05, 0) is 23.3 Å². The molecule has 5 rings (SSSR count). The number of hydrogen-bond donors (Lipinski definition) is 1. The first-order valence-electron chi connectivity index (χ1n) is 8.76. The van der Waals surface area contributed by atoms with Gasteiger partial charge in [-0.25, -0.2) is 0 Å². The molecular weight excluding hydrogens is 328 g/mol. The minimum Gasteiger partial charge on any atom is -0.469 e. The highest BCUT2D eigenvalue weighted by molar-refractivity contribution is 6.03. The van der Waals surface area contributed by atoms with Gasteiger partial charge in [0, 0.05) is 28.2 Å². The molecule has 0 aliphatic carbocycles. The van der Waals surface area contributed by atoms with Gasteiger partial charge in [-0.1, -0.05) is 36.4 Å². The van der Waals surface area contributed by atoms with Crippen molar-refractivity contribution in [2.24, 2.45) is 0 Å². The number of aromatic nitrogens is 1. The molecule has 0 saturated heterocycles. The van der Waals surface area contributed by atoms with Crippen LogP contribution in [0.4, 0.5) is 5.69 Å². The molecule has 2 aromatic carbocycles. The third-order valence-corrected chi connectivity index (χ3v) is 5.61. The molecule has 3 aromatic rings. The molecule has 0 bridgehead atoms. The molecule has 1 aromatic heterocycles. The Morgan fingerprint density at radius 1 is 1.19 bits per heavy atom. The van der Waals surface area contributed by atoms with Crippen LogP contribution in [-0.4, -0.2) is 24.0 Å². The normalized spacial score (nSPS) is 20.7. The van der Waals surface area contributed by atoms with Crippen molar-refractivity contribution >= 4 is 28.5 Å². The molecule has 0 radical (unpaired) electrons. The average Bonchev–Trinajstić information content (AvgIpc) is 3.19. The maximum atomic E-state index is 13.0. The molecule has 0 unspecified atom stereocenters. The fraction of sp³-hybridized carbons (Fsp3) is 0.238. The number of nitrogens with one attached hydrogen (secondary N) is 1. The molecule has 1 amide bonds. The first-order chi connectivity index (χ1) is 12.7. The number of fused-ring (bicyclic) bond motifs is 7. The van der Waals surface area contributed by atoms with E-state index in [4.69, 9.17) is 4.74 Å². The lowest BCUT2D eigenvalue weighted by Crippen LogP contribution is -2.39. The zero-order valence-electron chi connectivity index (χ0n) is 14.4. The Hall–Kier alpha value is -3.08. The van der Waals surface area contributed by atoms with Crippen molar-refractivity contribution < 1.29 is 14.3 Å². The lowest BCUT2D eigenvalue weighted by Gasteiger charge is -2.33. The molecule has 0 saturated carbocycles. The number of carbonyl (C=O) groups excluding carboxylic acids is 2. The van der Waals surface area contributed by atoms with Gasteiger partial charge < -0.3 is 14.6 Å². The van der Waals surface area contributed by atoms with Crippen LogP contribution in [0, 0.1) is 0 Å². The maximum absolute atomic E-state index is 13.0. The summed E-state index contributed by atoms with van der Waals surface area (Å²) in [7, 11) is 1.40. The number of amides is 1. The zero-order valence-corrected chi connectivity index (χ0v) is 14.4. The van der Waals surface area contributed by atoms with Crippen LogP contribution in [0.25, 0.3) is 10.9 Å². The van der Waals surface area contributed by atoms with E-state index in [1.165, 1.54) is 7.11 Å². The second-order valence-electron chi connectivity index (χ2n) is 6.89. The Morgan fingerprint density at radius 2 is 1.96 bits per heavy atom. The lowest BCUT2D eigenvalue weighted by atomic mass is 9.86. The molecule has 0 spiro atoms. The summed E-state index contributed by atoms with van der Waals surface area (Å²) in [6.45, 7) is 0. The Kier molecular flexibility index (Phi) is 3.19. The fourth-order valence-electron chi connectivity index (χ4n) is 4.52. The van der Waals surface area contributed by atoms with E-state index in [2.05, 4.69) is 4.98 Å². The summed E-state index contributed by atoms with van der Waals surface area (Å²) in [5.41, 5.74) is 5.05.